The molecule has 0 N–H and O–H groups in total. The van der Waals surface area contributed by atoms with Gasteiger partial charge < -0.3 is 0 Å². The van der Waals surface area contributed by atoms with Gasteiger partial charge in [-0.15, -0.1) is 0 Å². The SMILES string of the molecule is BrC(Br)(Br)C1C=Cc2ccc[c]c21. The molecule has 3 heteroatoms. The standard InChI is InChI=1S/C10H6Br3/c11-10(12,13)9-6-5-7-3-1-2-4-8(7)9/h1-3,5-6,9H. The normalized spacial score (nSPS) is 20.4. The van der Waals surface area contributed by atoms with Crippen molar-refractivity contribution in [2.24, 2.45) is 0 Å². The van der Waals surface area contributed by atoms with Gasteiger partial charge in [0.05, 0.1) is 0 Å². The van der Waals surface area contributed by atoms with Crippen LogP contribution in [0.15, 0.2) is 24.3 Å². The van der Waals surface area contributed by atoms with E-state index in [1.54, 1.807) is 0 Å². The molecule has 13 heavy (non-hydrogen) atoms. The lowest BCUT2D eigenvalue weighted by Gasteiger charge is -2.20. The van der Waals surface area contributed by atoms with E-state index in [2.05, 4.69) is 72.1 Å². The Labute approximate surface area is 103 Å². The van der Waals surface area contributed by atoms with Gasteiger partial charge in [-0.2, -0.15) is 0 Å². The molecule has 0 nitrogen and oxygen atoms in total. The van der Waals surface area contributed by atoms with Gasteiger partial charge in [-0.25, -0.2) is 0 Å². The number of allylic oxidation sites excluding steroid dienone is 1. The van der Waals surface area contributed by atoms with Gasteiger partial charge in [0.25, 0.3) is 0 Å². The number of benzene rings is 1. The molecule has 2 rings (SSSR count). The third-order valence-electron chi connectivity index (χ3n) is 2.05. The molecule has 0 aromatic heterocycles. The molecule has 0 heterocycles. The zero-order valence-corrected chi connectivity index (χ0v) is 11.4. The van der Waals surface area contributed by atoms with E-state index in [0.717, 1.165) is 0 Å². The Hall–Kier alpha value is 0.400. The highest BCUT2D eigenvalue weighted by Crippen LogP contribution is 2.50. The summed E-state index contributed by atoms with van der Waals surface area (Å²) in [6.45, 7) is 0. The second-order valence-electron chi connectivity index (χ2n) is 2.92. The first-order valence-corrected chi connectivity index (χ1v) is 6.22. The molecule has 1 radical (unpaired) electrons. The fraction of sp³-hybridized carbons (Fsp3) is 0.200. The summed E-state index contributed by atoms with van der Waals surface area (Å²) >= 11 is 10.6. The van der Waals surface area contributed by atoms with Crippen LogP contribution in [-0.4, -0.2) is 2.14 Å². The molecule has 0 saturated heterocycles. The van der Waals surface area contributed by atoms with Crippen LogP contribution in [0.2, 0.25) is 0 Å². The number of hydrogen-bond acceptors (Lipinski definition) is 0. The number of halogens is 3. The third-order valence-corrected chi connectivity index (χ3v) is 3.53. The van der Waals surface area contributed by atoms with Gasteiger partial charge in [0, 0.05) is 5.92 Å². The third kappa shape index (κ3) is 1.92. The highest BCUT2D eigenvalue weighted by Gasteiger charge is 2.33. The van der Waals surface area contributed by atoms with E-state index in [1.807, 2.05) is 12.1 Å². The predicted octanol–water partition coefficient (Wildman–Crippen LogP) is 4.44. The molecule has 0 aliphatic heterocycles. The zero-order valence-electron chi connectivity index (χ0n) is 6.60. The van der Waals surface area contributed by atoms with Crippen molar-refractivity contribution in [3.63, 3.8) is 0 Å². The molecule has 1 atom stereocenters. The van der Waals surface area contributed by atoms with Gasteiger partial charge in [-0.05, 0) is 17.2 Å². The summed E-state index contributed by atoms with van der Waals surface area (Å²) in [7, 11) is 0. The van der Waals surface area contributed by atoms with Crippen molar-refractivity contribution in [1.29, 1.82) is 0 Å². The second-order valence-corrected chi connectivity index (χ2v) is 9.86. The van der Waals surface area contributed by atoms with Crippen molar-refractivity contribution in [1.82, 2.24) is 0 Å². The molecule has 1 aliphatic carbocycles. The van der Waals surface area contributed by atoms with E-state index in [0.29, 0.717) is 0 Å². The maximum atomic E-state index is 3.54. The Morgan fingerprint density at radius 1 is 1.31 bits per heavy atom. The van der Waals surface area contributed by atoms with Crippen LogP contribution in [0, 0.1) is 6.07 Å². The predicted molar refractivity (Wildman–Crippen MR) is 66.6 cm³/mol. The number of rotatable bonds is 0. The average Bonchev–Trinajstić information content (AvgIpc) is 2.45. The minimum Gasteiger partial charge on any atom is -0.0733 e. The van der Waals surface area contributed by atoms with E-state index in [-0.39, 0.29) is 8.06 Å². The lowest BCUT2D eigenvalue weighted by molar-refractivity contribution is 0.953. The molecule has 1 unspecified atom stereocenters. The summed E-state index contributed by atoms with van der Waals surface area (Å²) in [5.41, 5.74) is 2.46. The van der Waals surface area contributed by atoms with Crippen molar-refractivity contribution in [3.8, 4) is 0 Å². The molecular formula is C10H6Br3. The first-order valence-electron chi connectivity index (χ1n) is 3.84. The summed E-state index contributed by atoms with van der Waals surface area (Å²) in [5.74, 6) is 0.281. The minimum absolute atomic E-state index is 0.257. The van der Waals surface area contributed by atoms with Gasteiger partial charge in [0.15, 0.2) is 0 Å². The van der Waals surface area contributed by atoms with Crippen LogP contribution < -0.4 is 0 Å². The summed E-state index contributed by atoms with van der Waals surface area (Å²) < 4.78 is -0.257. The molecule has 1 aromatic carbocycles. The zero-order chi connectivity index (χ0) is 9.47. The highest BCUT2D eigenvalue weighted by atomic mass is 80.0. The van der Waals surface area contributed by atoms with Crippen LogP contribution in [0.5, 0.6) is 0 Å². The molecule has 0 saturated carbocycles. The van der Waals surface area contributed by atoms with Gasteiger partial charge >= 0.3 is 0 Å². The molecule has 0 spiro atoms. The number of hydrogen-bond donors (Lipinski definition) is 0. The van der Waals surface area contributed by atoms with Gasteiger partial charge in [-0.1, -0.05) is 78.1 Å². The Kier molecular flexibility index (Phi) is 2.69. The van der Waals surface area contributed by atoms with Crippen molar-refractivity contribution >= 4 is 53.9 Å². The van der Waals surface area contributed by atoms with Gasteiger partial charge in [0.1, 0.15) is 2.14 Å². The average molecular weight is 366 g/mol. The molecule has 0 fully saturated rings. The Morgan fingerprint density at radius 3 is 2.77 bits per heavy atom. The fourth-order valence-electron chi connectivity index (χ4n) is 1.45. The quantitative estimate of drug-likeness (QED) is 0.596. The first kappa shape index (κ1) is 9.94. The summed E-state index contributed by atoms with van der Waals surface area (Å²) in [6, 6.07) is 9.30. The number of alkyl halides is 3. The van der Waals surface area contributed by atoms with Crippen molar-refractivity contribution in [2.45, 2.75) is 8.06 Å². The first-order chi connectivity index (χ1) is 6.09. The molecule has 0 amide bonds. The van der Waals surface area contributed by atoms with Crippen molar-refractivity contribution < 1.29 is 0 Å². The van der Waals surface area contributed by atoms with Crippen molar-refractivity contribution in [2.75, 3.05) is 0 Å². The van der Waals surface area contributed by atoms with Crippen LogP contribution in [0.25, 0.3) is 6.08 Å². The summed E-state index contributed by atoms with van der Waals surface area (Å²) in [4.78, 5) is 0. The molecule has 1 aliphatic rings. The molecule has 1 aromatic rings. The van der Waals surface area contributed by atoms with Crippen LogP contribution in [0.1, 0.15) is 17.0 Å². The fourth-order valence-corrected chi connectivity index (χ4v) is 2.59. The topological polar surface area (TPSA) is 0 Å². The highest BCUT2D eigenvalue weighted by molar-refractivity contribution is 9.39. The number of fused-ring (bicyclic) bond motifs is 1. The van der Waals surface area contributed by atoms with E-state index in [9.17, 15) is 0 Å². The summed E-state index contributed by atoms with van der Waals surface area (Å²) in [5, 5.41) is 0. The minimum atomic E-state index is -0.257. The Balaban J connectivity index is 2.45. The lowest BCUT2D eigenvalue weighted by Crippen LogP contribution is -2.11. The molecule has 67 valence electrons. The second kappa shape index (κ2) is 3.52. The van der Waals surface area contributed by atoms with Gasteiger partial charge in [-0.3, -0.25) is 0 Å². The van der Waals surface area contributed by atoms with Crippen molar-refractivity contribution in [3.05, 3.63) is 41.5 Å². The van der Waals surface area contributed by atoms with Crippen LogP contribution >= 0.6 is 47.8 Å². The molecule has 0 bridgehead atoms. The largest absolute Gasteiger partial charge is 0.145 e. The van der Waals surface area contributed by atoms with E-state index < -0.39 is 0 Å². The van der Waals surface area contributed by atoms with Gasteiger partial charge in [0.2, 0.25) is 0 Å². The molecular weight excluding hydrogens is 360 g/mol. The lowest BCUT2D eigenvalue weighted by atomic mass is 10.0. The van der Waals surface area contributed by atoms with Crippen LogP contribution in [0.3, 0.4) is 0 Å². The maximum absolute atomic E-state index is 3.54. The van der Waals surface area contributed by atoms with E-state index in [4.69, 9.17) is 0 Å². The van der Waals surface area contributed by atoms with E-state index in [1.165, 1.54) is 11.1 Å². The summed E-state index contributed by atoms with van der Waals surface area (Å²) in [6.07, 6.45) is 4.27. The monoisotopic (exact) mass is 363 g/mol. The van der Waals surface area contributed by atoms with E-state index >= 15 is 0 Å². The Bertz CT molecular complexity index is 349. The maximum Gasteiger partial charge on any atom is 0.145 e. The van der Waals surface area contributed by atoms with Crippen LogP contribution in [0.4, 0.5) is 0 Å². The van der Waals surface area contributed by atoms with Crippen LogP contribution in [-0.2, 0) is 0 Å². The smallest absolute Gasteiger partial charge is 0.0733 e. The Morgan fingerprint density at radius 2 is 2.08 bits per heavy atom.